The normalized spacial score (nSPS) is 12.7. The molecule has 0 fully saturated rings. The summed E-state index contributed by atoms with van der Waals surface area (Å²) in [6, 6.07) is 13.4. The number of ether oxygens (including phenoxy) is 1. The number of pyridine rings is 1. The van der Waals surface area contributed by atoms with Gasteiger partial charge in [0.25, 0.3) is 11.2 Å². The smallest absolute Gasteiger partial charge is 0.481 e. The molecule has 242 valence electrons. The number of nitro benzene ring substituents is 1. The highest BCUT2D eigenvalue weighted by Gasteiger charge is 2.33. The number of aromatic amines is 1. The highest BCUT2D eigenvalue weighted by atomic mass is 19.4. The third-order valence-electron chi connectivity index (χ3n) is 7.55. The highest BCUT2D eigenvalue weighted by molar-refractivity contribution is 5.89. The largest absolute Gasteiger partial charge is 0.573 e. The minimum atomic E-state index is -5.08. The van der Waals surface area contributed by atoms with Crippen molar-refractivity contribution in [2.24, 2.45) is 0 Å². The Bertz CT molecular complexity index is 1840. The molecule has 4 aromatic rings. The molecule has 3 N–H and O–H groups in total. The van der Waals surface area contributed by atoms with Crippen LogP contribution in [0.2, 0.25) is 0 Å². The van der Waals surface area contributed by atoms with Gasteiger partial charge in [-0.25, -0.2) is 0 Å². The average Bonchev–Trinajstić information content (AvgIpc) is 2.98. The van der Waals surface area contributed by atoms with Crippen molar-refractivity contribution < 1.29 is 37.5 Å². The van der Waals surface area contributed by atoms with Gasteiger partial charge in [0, 0.05) is 55.0 Å². The third-order valence-corrected chi connectivity index (χ3v) is 7.55. The molecule has 4 rings (SSSR count). The number of hydrogen-bond donors (Lipinski definition) is 3. The monoisotopic (exact) mass is 640 g/mol. The lowest BCUT2D eigenvalue weighted by molar-refractivity contribution is -0.385. The van der Waals surface area contributed by atoms with Crippen LogP contribution in [0.4, 0.5) is 24.5 Å². The summed E-state index contributed by atoms with van der Waals surface area (Å²) < 4.78 is 43.4. The lowest BCUT2D eigenvalue weighted by atomic mass is 9.90. The number of nitrogens with one attached hydrogen (secondary N) is 2. The quantitative estimate of drug-likeness (QED) is 0.118. The van der Waals surface area contributed by atoms with E-state index in [4.69, 9.17) is 5.11 Å². The Hall–Kier alpha value is -5.40. The van der Waals surface area contributed by atoms with Gasteiger partial charge in [-0.05, 0) is 65.6 Å². The van der Waals surface area contributed by atoms with Gasteiger partial charge < -0.3 is 25.0 Å². The van der Waals surface area contributed by atoms with E-state index < -0.39 is 47.2 Å². The Morgan fingerprint density at radius 2 is 1.85 bits per heavy atom. The summed E-state index contributed by atoms with van der Waals surface area (Å²) in [6.45, 7) is 3.25. The number of amides is 1. The second-order valence-electron chi connectivity index (χ2n) is 10.9. The summed E-state index contributed by atoms with van der Waals surface area (Å²) in [7, 11) is 1.34. The zero-order chi connectivity index (χ0) is 33.8. The molecule has 0 aliphatic heterocycles. The van der Waals surface area contributed by atoms with Gasteiger partial charge in [0.15, 0.2) is 0 Å². The summed E-state index contributed by atoms with van der Waals surface area (Å²) in [4.78, 5) is 51.9. The zero-order valence-electron chi connectivity index (χ0n) is 25.1. The van der Waals surface area contributed by atoms with Crippen molar-refractivity contribution in [3.63, 3.8) is 0 Å². The molecule has 46 heavy (non-hydrogen) atoms. The van der Waals surface area contributed by atoms with Crippen LogP contribution in [0.5, 0.6) is 5.75 Å². The Balaban J connectivity index is 1.72. The van der Waals surface area contributed by atoms with Crippen LogP contribution in [0.25, 0.3) is 10.8 Å². The molecule has 0 saturated heterocycles. The van der Waals surface area contributed by atoms with E-state index in [-0.39, 0.29) is 23.5 Å². The number of aliphatic carboxylic acids is 1. The predicted molar refractivity (Wildman–Crippen MR) is 164 cm³/mol. The van der Waals surface area contributed by atoms with E-state index in [0.29, 0.717) is 28.4 Å². The maximum atomic E-state index is 14.0. The van der Waals surface area contributed by atoms with Crippen LogP contribution in [0.15, 0.2) is 71.7 Å². The number of benzene rings is 3. The molecule has 1 aromatic heterocycles. The van der Waals surface area contributed by atoms with Crippen LogP contribution in [0, 0.1) is 17.0 Å². The van der Waals surface area contributed by atoms with E-state index in [1.165, 1.54) is 13.2 Å². The molecule has 0 bridgehead atoms. The van der Waals surface area contributed by atoms with Gasteiger partial charge in [-0.3, -0.25) is 24.5 Å². The summed E-state index contributed by atoms with van der Waals surface area (Å²) in [5.74, 6) is -2.30. The number of anilines is 1. The molecule has 0 aliphatic carbocycles. The number of aromatic nitrogens is 1. The summed E-state index contributed by atoms with van der Waals surface area (Å²) >= 11 is 0. The Kier molecular flexibility index (Phi) is 9.98. The molecular weight excluding hydrogens is 609 g/mol. The van der Waals surface area contributed by atoms with Gasteiger partial charge in [-0.2, -0.15) is 0 Å². The minimum absolute atomic E-state index is 0.0192. The SMILES string of the molecule is Cc1cc(C(Nc2ccc3cc[nH]c(=O)c3c2)C(=O)N(C)Cc2cc([N+](=O)[O-])ccc2OC(F)(F)F)ccc1[C@@H](C)CCC(=O)O. The minimum Gasteiger partial charge on any atom is -0.481 e. The van der Waals surface area contributed by atoms with E-state index in [1.54, 1.807) is 42.5 Å². The molecule has 0 aliphatic rings. The molecule has 1 unspecified atom stereocenters. The number of halogens is 3. The average molecular weight is 641 g/mol. The number of carboxylic acid groups (broad SMARTS) is 1. The first-order valence-corrected chi connectivity index (χ1v) is 14.1. The van der Waals surface area contributed by atoms with E-state index in [9.17, 15) is 37.7 Å². The summed E-state index contributed by atoms with van der Waals surface area (Å²) in [5.41, 5.74) is 1.49. The van der Waals surface area contributed by atoms with E-state index in [2.05, 4.69) is 15.0 Å². The van der Waals surface area contributed by atoms with E-state index >= 15 is 0 Å². The number of fused-ring (bicyclic) bond motifs is 1. The van der Waals surface area contributed by atoms with Gasteiger partial charge in [-0.15, -0.1) is 13.2 Å². The summed E-state index contributed by atoms with van der Waals surface area (Å²) in [6.07, 6.45) is -3.19. The van der Waals surface area contributed by atoms with E-state index in [1.807, 2.05) is 13.8 Å². The zero-order valence-corrected chi connectivity index (χ0v) is 25.1. The molecule has 0 radical (unpaired) electrons. The fourth-order valence-electron chi connectivity index (χ4n) is 5.24. The number of aryl methyl sites for hydroxylation is 1. The molecular formula is C32H31F3N4O7. The molecule has 0 saturated carbocycles. The van der Waals surface area contributed by atoms with Gasteiger partial charge in [0.1, 0.15) is 11.8 Å². The van der Waals surface area contributed by atoms with Gasteiger partial charge in [0.05, 0.1) is 4.92 Å². The summed E-state index contributed by atoms with van der Waals surface area (Å²) in [5, 5.41) is 24.6. The van der Waals surface area contributed by atoms with Gasteiger partial charge >= 0.3 is 12.3 Å². The van der Waals surface area contributed by atoms with Crippen molar-refractivity contribution >= 4 is 34.0 Å². The first-order chi connectivity index (χ1) is 21.6. The molecule has 3 aromatic carbocycles. The molecule has 1 amide bonds. The fraction of sp³-hybridized carbons (Fsp3) is 0.281. The number of likely N-dealkylation sites (N-methyl/N-ethyl adjacent to an activating group) is 1. The molecule has 14 heteroatoms. The number of nitrogens with zero attached hydrogens (tertiary/aromatic N) is 2. The maximum absolute atomic E-state index is 14.0. The number of hydrogen-bond acceptors (Lipinski definition) is 7. The van der Waals surface area contributed by atoms with Crippen LogP contribution in [0.3, 0.4) is 0 Å². The van der Waals surface area contributed by atoms with Crippen molar-refractivity contribution in [2.45, 2.75) is 51.6 Å². The molecule has 0 spiro atoms. The molecule has 11 nitrogen and oxygen atoms in total. The second kappa shape index (κ2) is 13.7. The lowest BCUT2D eigenvalue weighted by Crippen LogP contribution is -2.35. The Labute approximate surface area is 260 Å². The topological polar surface area (TPSA) is 155 Å². The number of rotatable bonds is 12. The van der Waals surface area contributed by atoms with Gasteiger partial charge in [-0.1, -0.05) is 31.2 Å². The van der Waals surface area contributed by atoms with Crippen molar-refractivity contribution in [2.75, 3.05) is 12.4 Å². The van der Waals surface area contributed by atoms with Crippen LogP contribution >= 0.6 is 0 Å². The molecule has 2 atom stereocenters. The van der Waals surface area contributed by atoms with Crippen molar-refractivity contribution in [3.8, 4) is 5.75 Å². The fourth-order valence-corrected chi connectivity index (χ4v) is 5.24. The van der Waals surface area contributed by atoms with Crippen LogP contribution in [0.1, 0.15) is 54.0 Å². The number of nitro groups is 1. The van der Waals surface area contributed by atoms with Gasteiger partial charge in [0.2, 0.25) is 5.91 Å². The van der Waals surface area contributed by atoms with Crippen molar-refractivity contribution in [1.82, 2.24) is 9.88 Å². The number of carbonyl (C=O) groups is 2. The second-order valence-corrected chi connectivity index (χ2v) is 10.9. The van der Waals surface area contributed by atoms with Crippen LogP contribution < -0.4 is 15.6 Å². The Morgan fingerprint density at radius 3 is 2.50 bits per heavy atom. The van der Waals surface area contributed by atoms with Crippen molar-refractivity contribution in [3.05, 3.63) is 110 Å². The first kappa shape index (κ1) is 33.5. The number of carboxylic acids is 1. The standard InChI is InChI=1S/C32H31F3N4O7/c1-18(4-11-28(40)41)25-9-6-21(14-19(25)2)29(37-23-7-5-20-12-13-36-30(42)26(20)16-23)31(43)38(3)17-22-15-24(39(44)45)8-10-27(22)46-32(33,34)35/h5-10,12-16,18,29,37H,4,11,17H2,1-3H3,(H,36,42)(H,40,41)/t18-,29?/m0/s1. The predicted octanol–water partition coefficient (Wildman–Crippen LogP) is 6.42. The molecule has 1 heterocycles. The number of alkyl halides is 3. The van der Waals surface area contributed by atoms with Crippen molar-refractivity contribution in [1.29, 1.82) is 0 Å². The highest BCUT2D eigenvalue weighted by Crippen LogP contribution is 2.33. The third kappa shape index (κ3) is 8.20. The number of H-pyrrole nitrogens is 1. The van der Waals surface area contributed by atoms with Crippen LogP contribution in [-0.2, 0) is 16.1 Å². The maximum Gasteiger partial charge on any atom is 0.573 e. The number of carbonyl (C=O) groups excluding carboxylic acids is 1. The first-order valence-electron chi connectivity index (χ1n) is 14.1. The Morgan fingerprint density at radius 1 is 1.11 bits per heavy atom. The van der Waals surface area contributed by atoms with E-state index in [0.717, 1.165) is 34.2 Å². The number of non-ortho nitro benzene ring substituents is 1. The lowest BCUT2D eigenvalue weighted by Gasteiger charge is -2.27. The van der Waals surface area contributed by atoms with Crippen LogP contribution in [-0.4, -0.2) is 45.2 Å².